The highest BCUT2D eigenvalue weighted by Gasteiger charge is 2.25. The Morgan fingerprint density at radius 3 is 2.36 bits per heavy atom. The van der Waals surface area contributed by atoms with Crippen molar-refractivity contribution in [2.75, 3.05) is 0 Å². The molecule has 0 saturated carbocycles. The van der Waals surface area contributed by atoms with Crippen molar-refractivity contribution in [3.63, 3.8) is 0 Å². The summed E-state index contributed by atoms with van der Waals surface area (Å²) in [6.45, 7) is 0. The molecule has 60 valence electrons. The lowest BCUT2D eigenvalue weighted by molar-refractivity contribution is -0.107. The van der Waals surface area contributed by atoms with E-state index in [0.29, 0.717) is 0 Å². The maximum Gasteiger partial charge on any atom is 0.298 e. The van der Waals surface area contributed by atoms with Crippen molar-refractivity contribution in [1.29, 1.82) is 0 Å². The summed E-state index contributed by atoms with van der Waals surface area (Å²) in [7, 11) is -3.76. The lowest BCUT2D eigenvalue weighted by Gasteiger charge is -1.91. The second-order valence-electron chi connectivity index (χ2n) is 1.79. The minimum absolute atomic E-state index is 0.173. The quantitative estimate of drug-likeness (QED) is 0.523. The van der Waals surface area contributed by atoms with E-state index in [1.165, 1.54) is 0 Å². The van der Waals surface area contributed by atoms with Crippen molar-refractivity contribution in [3.05, 3.63) is 10.6 Å². The number of hydrogen-bond acceptors (Lipinski definition) is 4. The first-order valence-corrected chi connectivity index (χ1v) is 4.37. The van der Waals surface area contributed by atoms with E-state index in [4.69, 9.17) is 5.73 Å². The topological polar surface area (TPSA) is 89.6 Å². The smallest absolute Gasteiger partial charge is 0.298 e. The molecular formula is C4H4N2O3S2. The minimum Gasteiger partial charge on any atom is -0.387 e. The number of thiol groups is 1. The number of sulfonamides is 1. The molecule has 1 aliphatic rings. The number of carbonyl (C=O) groups excluding carboxylic acids is 1. The molecule has 0 radical (unpaired) electrons. The Morgan fingerprint density at radius 2 is 2.18 bits per heavy atom. The summed E-state index contributed by atoms with van der Waals surface area (Å²) in [5.41, 5.74) is 4.88. The van der Waals surface area contributed by atoms with E-state index >= 15 is 0 Å². The van der Waals surface area contributed by atoms with Gasteiger partial charge in [0, 0.05) is 0 Å². The van der Waals surface area contributed by atoms with Crippen LogP contribution in [0.15, 0.2) is 15.0 Å². The number of rotatable bonds is 1. The standard InChI is InChI=1S/C4H4N2O3S2/c5-3-2(4(7)10)1-6-11(3,8)9/h1H,5H2,(H,7,10). The highest BCUT2D eigenvalue weighted by atomic mass is 32.2. The summed E-state index contributed by atoms with van der Waals surface area (Å²) < 4.78 is 24.4. The minimum atomic E-state index is -3.76. The third kappa shape index (κ3) is 1.29. The molecule has 0 aromatic rings. The van der Waals surface area contributed by atoms with Crippen molar-refractivity contribution in [3.8, 4) is 0 Å². The largest absolute Gasteiger partial charge is 0.387 e. The molecule has 0 aromatic heterocycles. The molecule has 0 saturated heterocycles. The normalized spacial score (nSPS) is 20.8. The Kier molecular flexibility index (Phi) is 1.77. The van der Waals surface area contributed by atoms with E-state index < -0.39 is 20.2 Å². The molecule has 0 spiro atoms. The molecule has 0 unspecified atom stereocenters. The summed E-state index contributed by atoms with van der Waals surface area (Å²) in [4.78, 5) is 10.5. The zero-order valence-corrected chi connectivity index (χ0v) is 6.89. The molecule has 5 nitrogen and oxygen atoms in total. The maximum absolute atomic E-state index is 10.7. The second-order valence-corrected chi connectivity index (χ2v) is 3.80. The van der Waals surface area contributed by atoms with Gasteiger partial charge in [0.15, 0.2) is 5.03 Å². The van der Waals surface area contributed by atoms with Gasteiger partial charge < -0.3 is 5.73 Å². The van der Waals surface area contributed by atoms with Gasteiger partial charge in [-0.1, -0.05) is 0 Å². The molecule has 1 aliphatic heterocycles. The van der Waals surface area contributed by atoms with E-state index in [1.54, 1.807) is 0 Å². The summed E-state index contributed by atoms with van der Waals surface area (Å²) >= 11 is 3.40. The molecule has 0 atom stereocenters. The Morgan fingerprint density at radius 1 is 1.64 bits per heavy atom. The lowest BCUT2D eigenvalue weighted by Crippen LogP contribution is -2.10. The zero-order valence-electron chi connectivity index (χ0n) is 5.18. The van der Waals surface area contributed by atoms with Crippen LogP contribution >= 0.6 is 12.6 Å². The van der Waals surface area contributed by atoms with Gasteiger partial charge in [0.05, 0.1) is 11.8 Å². The fraction of sp³-hybridized carbons (Fsp3) is 0. The average molecular weight is 192 g/mol. The molecule has 0 aromatic carbocycles. The monoisotopic (exact) mass is 192 g/mol. The van der Waals surface area contributed by atoms with Crippen molar-refractivity contribution < 1.29 is 13.2 Å². The van der Waals surface area contributed by atoms with Crippen molar-refractivity contribution in [1.82, 2.24) is 0 Å². The maximum atomic E-state index is 10.7. The van der Waals surface area contributed by atoms with E-state index in [9.17, 15) is 13.2 Å². The van der Waals surface area contributed by atoms with E-state index in [-0.39, 0.29) is 5.57 Å². The van der Waals surface area contributed by atoms with Gasteiger partial charge in [-0.05, 0) is 0 Å². The SMILES string of the molecule is NC1=C(C(=O)S)C=NS1(=O)=O. The first kappa shape index (κ1) is 8.28. The van der Waals surface area contributed by atoms with Gasteiger partial charge >= 0.3 is 0 Å². The fourth-order valence-corrected chi connectivity index (χ4v) is 1.58. The van der Waals surface area contributed by atoms with E-state index in [1.807, 2.05) is 0 Å². The molecule has 0 bridgehead atoms. The molecule has 11 heavy (non-hydrogen) atoms. The lowest BCUT2D eigenvalue weighted by atomic mass is 10.3. The summed E-state index contributed by atoms with van der Waals surface area (Å²) in [6.07, 6.45) is 0.889. The number of nitrogens with zero attached hydrogens (tertiary/aromatic N) is 1. The molecule has 1 rings (SSSR count). The van der Waals surface area contributed by atoms with Gasteiger partial charge in [-0.15, -0.1) is 12.6 Å². The molecule has 0 amide bonds. The Labute approximate surface area is 68.5 Å². The average Bonchev–Trinajstić information content (AvgIpc) is 2.09. The molecule has 0 aliphatic carbocycles. The van der Waals surface area contributed by atoms with Crippen LogP contribution in [0.3, 0.4) is 0 Å². The highest BCUT2D eigenvalue weighted by Crippen LogP contribution is 2.15. The number of carbonyl (C=O) groups is 1. The van der Waals surface area contributed by atoms with Crippen LogP contribution in [-0.4, -0.2) is 19.7 Å². The van der Waals surface area contributed by atoms with Gasteiger partial charge in [0.2, 0.25) is 5.12 Å². The van der Waals surface area contributed by atoms with Crippen LogP contribution in [-0.2, 0) is 14.8 Å². The van der Waals surface area contributed by atoms with Crippen LogP contribution in [0.4, 0.5) is 0 Å². The predicted molar refractivity (Wildman–Crippen MR) is 42.6 cm³/mol. The Bertz CT molecular complexity index is 365. The Balaban J connectivity index is 3.32. The van der Waals surface area contributed by atoms with Crippen molar-refractivity contribution in [2.45, 2.75) is 0 Å². The summed E-state index contributed by atoms with van der Waals surface area (Å²) in [5.74, 6) is 0. The van der Waals surface area contributed by atoms with Crippen LogP contribution in [0.1, 0.15) is 0 Å². The third-order valence-corrected chi connectivity index (χ3v) is 2.49. The fourth-order valence-electron chi connectivity index (χ4n) is 0.542. The van der Waals surface area contributed by atoms with Crippen LogP contribution in [0.2, 0.25) is 0 Å². The zero-order chi connectivity index (χ0) is 8.65. The van der Waals surface area contributed by atoms with Crippen molar-refractivity contribution >= 4 is 34.0 Å². The molecule has 2 N–H and O–H groups in total. The number of nitrogens with two attached hydrogens (primary N) is 1. The van der Waals surface area contributed by atoms with Crippen molar-refractivity contribution in [2.24, 2.45) is 10.1 Å². The molecule has 7 heteroatoms. The first-order valence-electron chi connectivity index (χ1n) is 2.48. The van der Waals surface area contributed by atoms with E-state index in [2.05, 4.69) is 17.0 Å². The van der Waals surface area contributed by atoms with E-state index in [0.717, 1.165) is 6.21 Å². The molecule has 0 fully saturated rings. The third-order valence-electron chi connectivity index (χ3n) is 1.09. The van der Waals surface area contributed by atoms with Crippen LogP contribution in [0, 0.1) is 0 Å². The highest BCUT2D eigenvalue weighted by molar-refractivity contribution is 7.98. The Hall–Kier alpha value is -0.820. The van der Waals surface area contributed by atoms with Gasteiger partial charge in [-0.25, -0.2) is 0 Å². The molecule has 1 heterocycles. The van der Waals surface area contributed by atoms with Gasteiger partial charge in [0.25, 0.3) is 10.0 Å². The van der Waals surface area contributed by atoms with Crippen LogP contribution < -0.4 is 5.73 Å². The van der Waals surface area contributed by atoms with Crippen LogP contribution in [0.5, 0.6) is 0 Å². The summed E-state index contributed by atoms with van der Waals surface area (Å²) in [6, 6.07) is 0. The number of hydrogen-bond donors (Lipinski definition) is 2. The predicted octanol–water partition coefficient (Wildman–Crippen LogP) is -0.973. The van der Waals surface area contributed by atoms with Gasteiger partial charge in [0.1, 0.15) is 0 Å². The van der Waals surface area contributed by atoms with Gasteiger partial charge in [-0.2, -0.15) is 12.8 Å². The first-order chi connectivity index (χ1) is 4.95. The second kappa shape index (κ2) is 2.35. The molecular weight excluding hydrogens is 188 g/mol. The van der Waals surface area contributed by atoms with Crippen LogP contribution in [0.25, 0.3) is 0 Å². The van der Waals surface area contributed by atoms with Gasteiger partial charge in [-0.3, -0.25) is 4.79 Å². The summed E-state index contributed by atoms with van der Waals surface area (Å²) in [5, 5.41) is -1.23.